The maximum Gasteiger partial charge on any atom is 0.356 e. The van der Waals surface area contributed by atoms with Crippen LogP contribution in [0.15, 0.2) is 12.3 Å². The summed E-state index contributed by atoms with van der Waals surface area (Å²) in [6.07, 6.45) is 2.53. The molecule has 0 saturated heterocycles. The van der Waals surface area contributed by atoms with Gasteiger partial charge in [-0.2, -0.15) is 0 Å². The van der Waals surface area contributed by atoms with Gasteiger partial charge < -0.3 is 29.8 Å². The van der Waals surface area contributed by atoms with Crippen LogP contribution in [0.25, 0.3) is 11.0 Å². The van der Waals surface area contributed by atoms with E-state index in [4.69, 9.17) is 9.47 Å². The number of aromatic nitrogens is 2. The Morgan fingerprint density at radius 3 is 2.50 bits per heavy atom. The summed E-state index contributed by atoms with van der Waals surface area (Å²) in [5.41, 5.74) is 1.05. The van der Waals surface area contributed by atoms with Gasteiger partial charge in [-0.1, -0.05) is 13.8 Å². The maximum absolute atomic E-state index is 12.7. The topological polar surface area (TPSA) is 115 Å². The fourth-order valence-corrected chi connectivity index (χ4v) is 3.79. The molecule has 9 heteroatoms. The number of pyridine rings is 1. The fourth-order valence-electron chi connectivity index (χ4n) is 3.79. The quantitative estimate of drug-likeness (QED) is 0.451. The largest absolute Gasteiger partial charge is 0.464 e. The van der Waals surface area contributed by atoms with Crippen molar-refractivity contribution in [3.05, 3.63) is 18.0 Å². The van der Waals surface area contributed by atoms with Gasteiger partial charge in [-0.15, -0.1) is 0 Å². The van der Waals surface area contributed by atoms with E-state index in [1.165, 1.54) is 7.11 Å². The molecule has 2 heterocycles. The van der Waals surface area contributed by atoms with Gasteiger partial charge in [0.15, 0.2) is 5.69 Å². The van der Waals surface area contributed by atoms with E-state index in [9.17, 15) is 14.7 Å². The molecule has 178 valence electrons. The van der Waals surface area contributed by atoms with Crippen molar-refractivity contribution in [3.63, 3.8) is 0 Å². The molecule has 0 spiro atoms. The number of rotatable bonds is 11. The molecule has 1 amide bonds. The van der Waals surface area contributed by atoms with Gasteiger partial charge >= 0.3 is 5.97 Å². The van der Waals surface area contributed by atoms with E-state index in [2.05, 4.69) is 15.6 Å². The molecule has 0 radical (unpaired) electrons. The molecule has 2 aromatic rings. The van der Waals surface area contributed by atoms with Crippen LogP contribution in [0, 0.1) is 5.92 Å². The number of fused-ring (bicyclic) bond motifs is 1. The lowest BCUT2D eigenvalue weighted by Gasteiger charge is -2.23. The number of amides is 1. The van der Waals surface area contributed by atoms with Gasteiger partial charge in [0.05, 0.1) is 36.9 Å². The Kier molecular flexibility index (Phi) is 8.63. The third kappa shape index (κ3) is 6.67. The molecule has 0 aliphatic heterocycles. The predicted octanol–water partition coefficient (Wildman–Crippen LogP) is 3.42. The van der Waals surface area contributed by atoms with Gasteiger partial charge in [-0.3, -0.25) is 4.79 Å². The van der Waals surface area contributed by atoms with Crippen molar-refractivity contribution in [3.8, 4) is 0 Å². The van der Waals surface area contributed by atoms with E-state index in [1.807, 2.05) is 26.8 Å². The first-order chi connectivity index (χ1) is 15.0. The molecule has 1 atom stereocenters. The van der Waals surface area contributed by atoms with Gasteiger partial charge in [0, 0.05) is 31.5 Å². The molecule has 0 aromatic carbocycles. The second-order valence-electron chi connectivity index (χ2n) is 9.16. The molecular weight excluding hydrogens is 412 g/mol. The molecule has 2 rings (SSSR count). The van der Waals surface area contributed by atoms with Crippen LogP contribution in [0.2, 0.25) is 0 Å². The number of methoxy groups -OCH3 is 2. The average molecular weight is 449 g/mol. The zero-order valence-electron chi connectivity index (χ0n) is 20.1. The number of anilines is 2. The lowest BCUT2D eigenvalue weighted by Crippen LogP contribution is -2.29. The van der Waals surface area contributed by atoms with E-state index in [-0.39, 0.29) is 23.6 Å². The second kappa shape index (κ2) is 10.8. The molecule has 2 aromatic heterocycles. The second-order valence-corrected chi connectivity index (χ2v) is 9.16. The van der Waals surface area contributed by atoms with E-state index in [0.29, 0.717) is 48.4 Å². The van der Waals surface area contributed by atoms with Crippen molar-refractivity contribution in [1.82, 2.24) is 9.55 Å². The van der Waals surface area contributed by atoms with Gasteiger partial charge in [0.1, 0.15) is 5.65 Å². The number of nitrogens with zero attached hydrogens (tertiary/aromatic N) is 2. The minimum atomic E-state index is -0.818. The summed E-state index contributed by atoms with van der Waals surface area (Å²) < 4.78 is 11.9. The van der Waals surface area contributed by atoms with Crippen LogP contribution >= 0.6 is 0 Å². The van der Waals surface area contributed by atoms with E-state index < -0.39 is 11.6 Å². The standard InChI is InChI=1S/C23H36N4O5/c1-14(2)10-18(28)26-19-17-11-16(25-15(3)12-23(4,5)30)13-24-21(17)27(8-9-31-6)20(19)22(29)32-7/h11,13-15,25,30H,8-10,12H2,1-7H3,(H,26,28). The molecule has 0 saturated carbocycles. The van der Waals surface area contributed by atoms with Gasteiger partial charge in [-0.25, -0.2) is 9.78 Å². The molecule has 32 heavy (non-hydrogen) atoms. The van der Waals surface area contributed by atoms with Crippen LogP contribution in [0.5, 0.6) is 0 Å². The molecule has 1 unspecified atom stereocenters. The number of ether oxygens (including phenoxy) is 2. The number of hydrogen-bond donors (Lipinski definition) is 3. The fraction of sp³-hybridized carbons (Fsp3) is 0.609. The van der Waals surface area contributed by atoms with Crippen molar-refractivity contribution < 1.29 is 24.2 Å². The summed E-state index contributed by atoms with van der Waals surface area (Å²) in [4.78, 5) is 29.9. The lowest BCUT2D eigenvalue weighted by molar-refractivity contribution is -0.116. The van der Waals surface area contributed by atoms with Gasteiger partial charge in [0.25, 0.3) is 0 Å². The SMILES string of the molecule is COCCn1c(C(=O)OC)c(NC(=O)CC(C)C)c2cc(NC(C)CC(C)(C)O)cnc21. The highest BCUT2D eigenvalue weighted by molar-refractivity contribution is 6.11. The summed E-state index contributed by atoms with van der Waals surface area (Å²) >= 11 is 0. The van der Waals surface area contributed by atoms with Crippen LogP contribution in [0.1, 0.15) is 57.9 Å². The minimum Gasteiger partial charge on any atom is -0.464 e. The third-order valence-corrected chi connectivity index (χ3v) is 4.87. The molecule has 3 N–H and O–H groups in total. The summed E-state index contributed by atoms with van der Waals surface area (Å²) in [7, 11) is 2.88. The lowest BCUT2D eigenvalue weighted by atomic mass is 10.0. The number of nitrogens with one attached hydrogen (secondary N) is 2. The third-order valence-electron chi connectivity index (χ3n) is 4.87. The van der Waals surface area contributed by atoms with Gasteiger partial charge in [0.2, 0.25) is 5.91 Å². The van der Waals surface area contributed by atoms with Crippen molar-refractivity contribution >= 4 is 34.3 Å². The Hall–Kier alpha value is -2.65. The van der Waals surface area contributed by atoms with Crippen LogP contribution < -0.4 is 10.6 Å². The van der Waals surface area contributed by atoms with Crippen LogP contribution in [-0.2, 0) is 20.8 Å². The summed E-state index contributed by atoms with van der Waals surface area (Å²) in [6, 6.07) is 1.83. The number of hydrogen-bond acceptors (Lipinski definition) is 7. The van der Waals surface area contributed by atoms with Crippen LogP contribution in [0.4, 0.5) is 11.4 Å². The van der Waals surface area contributed by atoms with Crippen LogP contribution in [0.3, 0.4) is 0 Å². The Labute approximate surface area is 189 Å². The normalized spacial score (nSPS) is 12.8. The molecule has 0 aliphatic carbocycles. The van der Waals surface area contributed by atoms with Gasteiger partial charge in [-0.05, 0) is 39.2 Å². The highest BCUT2D eigenvalue weighted by atomic mass is 16.5. The van der Waals surface area contributed by atoms with E-state index >= 15 is 0 Å². The first-order valence-electron chi connectivity index (χ1n) is 10.8. The molecule has 0 fully saturated rings. The maximum atomic E-state index is 12.7. The van der Waals surface area contributed by atoms with E-state index in [1.54, 1.807) is 31.7 Å². The molecule has 9 nitrogen and oxygen atoms in total. The Balaban J connectivity index is 2.58. The number of esters is 1. The monoisotopic (exact) mass is 448 g/mol. The van der Waals surface area contributed by atoms with E-state index in [0.717, 1.165) is 0 Å². The molecular formula is C23H36N4O5. The first kappa shape index (κ1) is 25.6. The Morgan fingerprint density at radius 2 is 1.94 bits per heavy atom. The Bertz CT molecular complexity index is 946. The summed E-state index contributed by atoms with van der Waals surface area (Å²) in [5, 5.41) is 17.0. The van der Waals surface area contributed by atoms with Crippen LogP contribution in [-0.4, -0.2) is 59.0 Å². The predicted molar refractivity (Wildman–Crippen MR) is 125 cm³/mol. The highest BCUT2D eigenvalue weighted by Gasteiger charge is 2.26. The zero-order valence-corrected chi connectivity index (χ0v) is 20.1. The smallest absolute Gasteiger partial charge is 0.356 e. The highest BCUT2D eigenvalue weighted by Crippen LogP contribution is 2.33. The minimum absolute atomic E-state index is 0.0242. The zero-order chi connectivity index (χ0) is 24.1. The Morgan fingerprint density at radius 1 is 1.25 bits per heavy atom. The summed E-state index contributed by atoms with van der Waals surface area (Å²) in [5.74, 6) is -0.593. The number of aliphatic hydroxyl groups is 1. The summed E-state index contributed by atoms with van der Waals surface area (Å²) in [6.45, 7) is 10.1. The number of carbonyl (C=O) groups excluding carboxylic acids is 2. The molecule has 0 aliphatic rings. The van der Waals surface area contributed by atoms with Crippen molar-refractivity contribution in [2.75, 3.05) is 31.5 Å². The van der Waals surface area contributed by atoms with Crippen molar-refractivity contribution in [1.29, 1.82) is 0 Å². The average Bonchev–Trinajstić information content (AvgIpc) is 2.96. The molecule has 0 bridgehead atoms. The van der Waals surface area contributed by atoms with Crippen molar-refractivity contribution in [2.24, 2.45) is 5.92 Å². The van der Waals surface area contributed by atoms with Crippen molar-refractivity contribution in [2.45, 2.75) is 65.6 Å². The number of carbonyl (C=O) groups is 2. The first-order valence-corrected chi connectivity index (χ1v) is 10.8.